The van der Waals surface area contributed by atoms with Crippen LogP contribution in [0.1, 0.15) is 70.4 Å². The van der Waals surface area contributed by atoms with E-state index in [1.807, 2.05) is 16.8 Å². The molecular weight excluding hydrogens is 316 g/mol. The van der Waals surface area contributed by atoms with Gasteiger partial charge in [0.25, 0.3) is 5.91 Å². The molecule has 4 heteroatoms. The number of carbonyl (C=O) groups is 1. The lowest BCUT2D eigenvalue weighted by Gasteiger charge is -2.17. The van der Waals surface area contributed by atoms with Crippen LogP contribution in [0.4, 0.5) is 0 Å². The molecule has 0 fully saturated rings. The van der Waals surface area contributed by atoms with E-state index >= 15 is 0 Å². The average molecular weight is 343 g/mol. The summed E-state index contributed by atoms with van der Waals surface area (Å²) in [6.45, 7) is 10.7. The maximum atomic E-state index is 12.3. The summed E-state index contributed by atoms with van der Waals surface area (Å²) in [4.78, 5) is 12.3. The zero-order valence-corrected chi connectivity index (χ0v) is 14.8. The Bertz CT molecular complexity index is 438. The molecule has 3 nitrogen and oxygen atoms in total. The normalized spacial score (nSPS) is 13.0. The zero-order chi connectivity index (χ0) is 15.3. The summed E-state index contributed by atoms with van der Waals surface area (Å²) in [5, 5.41) is 3.10. The third-order valence-corrected chi connectivity index (χ3v) is 3.83. The van der Waals surface area contributed by atoms with Crippen molar-refractivity contribution in [3.63, 3.8) is 0 Å². The molecule has 0 aliphatic carbocycles. The van der Waals surface area contributed by atoms with Gasteiger partial charge in [-0.05, 0) is 55.1 Å². The molecule has 0 saturated carbocycles. The number of aromatic nitrogens is 1. The Balaban J connectivity index is 2.58. The van der Waals surface area contributed by atoms with Gasteiger partial charge in [0.05, 0.1) is 0 Å². The summed E-state index contributed by atoms with van der Waals surface area (Å²) < 4.78 is 2.95. The van der Waals surface area contributed by atoms with Crippen LogP contribution < -0.4 is 5.32 Å². The molecule has 1 rings (SSSR count). The second kappa shape index (κ2) is 7.87. The van der Waals surface area contributed by atoms with Crippen molar-refractivity contribution in [3.05, 3.63) is 22.4 Å². The zero-order valence-electron chi connectivity index (χ0n) is 13.2. The quantitative estimate of drug-likeness (QED) is 0.760. The van der Waals surface area contributed by atoms with Gasteiger partial charge in [-0.25, -0.2) is 0 Å². The molecule has 1 amide bonds. The lowest BCUT2D eigenvalue weighted by Crippen LogP contribution is -2.34. The van der Waals surface area contributed by atoms with Crippen molar-refractivity contribution >= 4 is 21.8 Å². The van der Waals surface area contributed by atoms with E-state index in [1.54, 1.807) is 0 Å². The minimum absolute atomic E-state index is 0.0152. The molecule has 0 saturated heterocycles. The number of carbonyl (C=O) groups excluding carboxylic acids is 1. The van der Waals surface area contributed by atoms with Crippen LogP contribution in [0.25, 0.3) is 0 Å². The van der Waals surface area contributed by atoms with E-state index in [-0.39, 0.29) is 18.0 Å². The fraction of sp³-hybridized carbons (Fsp3) is 0.688. The number of nitrogens with one attached hydrogen (secondary N) is 1. The molecule has 0 spiro atoms. The number of amides is 1. The van der Waals surface area contributed by atoms with E-state index in [1.165, 1.54) is 6.42 Å². The minimum Gasteiger partial charge on any atom is -0.348 e. The van der Waals surface area contributed by atoms with Crippen molar-refractivity contribution in [3.8, 4) is 0 Å². The Morgan fingerprint density at radius 2 is 1.90 bits per heavy atom. The molecule has 1 heterocycles. The number of halogens is 1. The van der Waals surface area contributed by atoms with E-state index in [9.17, 15) is 4.79 Å². The van der Waals surface area contributed by atoms with Gasteiger partial charge in [0.1, 0.15) is 5.69 Å². The lowest BCUT2D eigenvalue weighted by molar-refractivity contribution is 0.0927. The van der Waals surface area contributed by atoms with Crippen LogP contribution in [0.15, 0.2) is 16.7 Å². The Morgan fingerprint density at radius 3 is 2.45 bits per heavy atom. The van der Waals surface area contributed by atoms with Gasteiger partial charge in [-0.3, -0.25) is 4.79 Å². The highest BCUT2D eigenvalue weighted by Crippen LogP contribution is 2.19. The van der Waals surface area contributed by atoms with Gasteiger partial charge < -0.3 is 9.88 Å². The molecule has 0 aliphatic rings. The Kier molecular flexibility index (Phi) is 6.80. The molecule has 20 heavy (non-hydrogen) atoms. The summed E-state index contributed by atoms with van der Waals surface area (Å²) in [5.41, 5.74) is 0.725. The topological polar surface area (TPSA) is 34.0 Å². The fourth-order valence-electron chi connectivity index (χ4n) is 2.26. The molecule has 1 unspecified atom stereocenters. The van der Waals surface area contributed by atoms with Crippen molar-refractivity contribution in [1.29, 1.82) is 0 Å². The largest absolute Gasteiger partial charge is 0.348 e. The fourth-order valence-corrected chi connectivity index (χ4v) is 2.69. The van der Waals surface area contributed by atoms with Crippen LogP contribution in [-0.4, -0.2) is 16.5 Å². The molecule has 0 radical (unpaired) electrons. The van der Waals surface area contributed by atoms with Crippen LogP contribution in [0, 0.1) is 5.92 Å². The Morgan fingerprint density at radius 1 is 1.25 bits per heavy atom. The Labute approximate surface area is 131 Å². The number of nitrogens with zero attached hydrogens (tertiary/aromatic N) is 1. The molecule has 1 aromatic heterocycles. The predicted octanol–water partition coefficient (Wildman–Crippen LogP) is 4.78. The van der Waals surface area contributed by atoms with Crippen LogP contribution in [0.5, 0.6) is 0 Å². The van der Waals surface area contributed by atoms with Crippen molar-refractivity contribution in [2.24, 2.45) is 5.92 Å². The lowest BCUT2D eigenvalue weighted by atomic mass is 10.0. The van der Waals surface area contributed by atoms with Crippen molar-refractivity contribution in [2.75, 3.05) is 0 Å². The van der Waals surface area contributed by atoms with Gasteiger partial charge in [-0.2, -0.15) is 0 Å². The standard InChI is InChI=1S/C16H27BrN2O/c1-11(2)7-6-8-13(5)18-16(20)15-9-14(17)10-19(15)12(3)4/h9-13H,6-8H2,1-5H3,(H,18,20). The van der Waals surface area contributed by atoms with Gasteiger partial charge in [0.2, 0.25) is 0 Å². The van der Waals surface area contributed by atoms with E-state index in [0.29, 0.717) is 0 Å². The third kappa shape index (κ3) is 5.31. The molecule has 0 bridgehead atoms. The summed E-state index contributed by atoms with van der Waals surface area (Å²) >= 11 is 3.44. The molecule has 1 aromatic rings. The highest BCUT2D eigenvalue weighted by Gasteiger charge is 2.16. The summed E-state index contributed by atoms with van der Waals surface area (Å²) in [7, 11) is 0. The average Bonchev–Trinajstić information content (AvgIpc) is 2.71. The molecule has 1 atom stereocenters. The van der Waals surface area contributed by atoms with Crippen molar-refractivity contribution < 1.29 is 4.79 Å². The van der Waals surface area contributed by atoms with Gasteiger partial charge in [0.15, 0.2) is 0 Å². The van der Waals surface area contributed by atoms with Crippen LogP contribution >= 0.6 is 15.9 Å². The summed E-state index contributed by atoms with van der Waals surface area (Å²) in [5.74, 6) is 0.744. The highest BCUT2D eigenvalue weighted by atomic mass is 79.9. The summed E-state index contributed by atoms with van der Waals surface area (Å²) in [6.07, 6.45) is 5.37. The molecule has 1 N–H and O–H groups in total. The van der Waals surface area contributed by atoms with Gasteiger partial charge >= 0.3 is 0 Å². The maximum absolute atomic E-state index is 12.3. The Hall–Kier alpha value is -0.770. The first-order valence-electron chi connectivity index (χ1n) is 7.49. The number of hydrogen-bond acceptors (Lipinski definition) is 1. The first-order valence-corrected chi connectivity index (χ1v) is 8.28. The van der Waals surface area contributed by atoms with Gasteiger partial charge in [-0.15, -0.1) is 0 Å². The van der Waals surface area contributed by atoms with Gasteiger partial charge in [-0.1, -0.05) is 26.7 Å². The first kappa shape index (κ1) is 17.3. The molecule has 114 valence electrons. The first-order chi connectivity index (χ1) is 9.31. The third-order valence-electron chi connectivity index (χ3n) is 3.40. The van der Waals surface area contributed by atoms with Crippen LogP contribution in [-0.2, 0) is 0 Å². The predicted molar refractivity (Wildman–Crippen MR) is 88.1 cm³/mol. The second-order valence-electron chi connectivity index (χ2n) is 6.24. The smallest absolute Gasteiger partial charge is 0.268 e. The maximum Gasteiger partial charge on any atom is 0.268 e. The van der Waals surface area contributed by atoms with E-state index in [4.69, 9.17) is 0 Å². The minimum atomic E-state index is 0.0152. The molecular formula is C16H27BrN2O. The molecule has 0 aromatic carbocycles. The van der Waals surface area contributed by atoms with Crippen LogP contribution in [0.3, 0.4) is 0 Å². The monoisotopic (exact) mass is 342 g/mol. The van der Waals surface area contributed by atoms with E-state index in [2.05, 4.69) is 55.9 Å². The molecule has 0 aliphatic heterocycles. The van der Waals surface area contributed by atoms with Crippen molar-refractivity contribution in [2.45, 2.75) is 66.0 Å². The highest BCUT2D eigenvalue weighted by molar-refractivity contribution is 9.10. The van der Waals surface area contributed by atoms with E-state index in [0.717, 1.165) is 28.9 Å². The van der Waals surface area contributed by atoms with Crippen LogP contribution in [0.2, 0.25) is 0 Å². The second-order valence-corrected chi connectivity index (χ2v) is 7.16. The summed E-state index contributed by atoms with van der Waals surface area (Å²) in [6, 6.07) is 2.38. The van der Waals surface area contributed by atoms with Gasteiger partial charge in [0, 0.05) is 22.8 Å². The number of rotatable bonds is 7. The van der Waals surface area contributed by atoms with E-state index < -0.39 is 0 Å². The van der Waals surface area contributed by atoms with Crippen molar-refractivity contribution in [1.82, 2.24) is 9.88 Å². The number of hydrogen-bond donors (Lipinski definition) is 1. The SMILES string of the molecule is CC(C)CCCC(C)NC(=O)c1cc(Br)cn1C(C)C.